The van der Waals surface area contributed by atoms with Gasteiger partial charge in [0.05, 0.1) is 31.3 Å². The molecule has 1 aliphatic rings. The van der Waals surface area contributed by atoms with Crippen LogP contribution in [0, 0.1) is 0 Å². The van der Waals surface area contributed by atoms with E-state index in [2.05, 4.69) is 4.98 Å². The summed E-state index contributed by atoms with van der Waals surface area (Å²) >= 11 is 0. The molecule has 5 heteroatoms. The van der Waals surface area contributed by atoms with Crippen LogP contribution in [-0.4, -0.2) is 34.8 Å². The van der Waals surface area contributed by atoms with Gasteiger partial charge in [-0.15, -0.1) is 0 Å². The number of imidazole rings is 1. The third-order valence-electron chi connectivity index (χ3n) is 3.77. The van der Waals surface area contributed by atoms with E-state index < -0.39 is 0 Å². The van der Waals surface area contributed by atoms with Gasteiger partial charge in [-0.1, -0.05) is 30.3 Å². The minimum atomic E-state index is -0.361. The van der Waals surface area contributed by atoms with E-state index in [4.69, 9.17) is 9.47 Å². The minimum Gasteiger partial charge on any atom is -0.459 e. The van der Waals surface area contributed by atoms with Crippen molar-refractivity contribution in [1.82, 2.24) is 9.55 Å². The average molecular weight is 300 g/mol. The van der Waals surface area contributed by atoms with Crippen LogP contribution in [-0.2, 0) is 9.47 Å². The zero-order valence-corrected chi connectivity index (χ0v) is 12.6. The van der Waals surface area contributed by atoms with Crippen LogP contribution in [0.3, 0.4) is 0 Å². The Kier molecular flexibility index (Phi) is 4.53. The Morgan fingerprint density at radius 1 is 1.32 bits per heavy atom. The molecule has 0 N–H and O–H groups in total. The molecule has 1 atom stereocenters. The molecule has 1 aromatic carbocycles. The smallest absolute Gasteiger partial charge is 0.356 e. The summed E-state index contributed by atoms with van der Waals surface area (Å²) in [7, 11) is 0. The van der Waals surface area contributed by atoms with E-state index in [0.29, 0.717) is 18.4 Å². The molecule has 0 spiro atoms. The lowest BCUT2D eigenvalue weighted by molar-refractivity contribution is 0.0275. The van der Waals surface area contributed by atoms with Crippen molar-refractivity contribution in [3.8, 4) is 0 Å². The highest BCUT2D eigenvalue weighted by Gasteiger charge is 2.22. The molecule has 1 aromatic heterocycles. The third kappa shape index (κ3) is 3.54. The lowest BCUT2D eigenvalue weighted by atomic mass is 10.1. The molecule has 22 heavy (non-hydrogen) atoms. The van der Waals surface area contributed by atoms with Crippen molar-refractivity contribution in [3.63, 3.8) is 0 Å². The van der Waals surface area contributed by atoms with Crippen molar-refractivity contribution in [1.29, 1.82) is 0 Å². The highest BCUT2D eigenvalue weighted by atomic mass is 16.6. The summed E-state index contributed by atoms with van der Waals surface area (Å²) in [6.07, 6.45) is 5.82. The first kappa shape index (κ1) is 14.8. The van der Waals surface area contributed by atoms with Gasteiger partial charge in [0, 0.05) is 0 Å². The van der Waals surface area contributed by atoms with Gasteiger partial charge in [-0.2, -0.15) is 0 Å². The molecular formula is C17H20N2O3. The number of rotatable bonds is 7. The molecule has 1 aliphatic carbocycles. The van der Waals surface area contributed by atoms with Crippen molar-refractivity contribution >= 4 is 5.97 Å². The highest BCUT2D eigenvalue weighted by molar-refractivity contribution is 5.87. The number of ether oxygens (including phenoxy) is 2. The second-order valence-electron chi connectivity index (χ2n) is 5.48. The maximum atomic E-state index is 12.2. The molecule has 2 aromatic rings. The van der Waals surface area contributed by atoms with Crippen LogP contribution in [0.15, 0.2) is 42.9 Å². The Bertz CT molecular complexity index is 620. The van der Waals surface area contributed by atoms with Gasteiger partial charge >= 0.3 is 5.97 Å². The molecule has 0 amide bonds. The van der Waals surface area contributed by atoms with Gasteiger partial charge in [0.1, 0.15) is 12.3 Å². The van der Waals surface area contributed by atoms with Crippen LogP contribution in [0.2, 0.25) is 0 Å². The fraction of sp³-hybridized carbons (Fsp3) is 0.412. The van der Waals surface area contributed by atoms with E-state index in [0.717, 1.165) is 18.4 Å². The van der Waals surface area contributed by atoms with Crippen molar-refractivity contribution in [2.45, 2.75) is 31.9 Å². The van der Waals surface area contributed by atoms with Gasteiger partial charge in [0.25, 0.3) is 0 Å². The first-order chi connectivity index (χ1) is 10.8. The summed E-state index contributed by atoms with van der Waals surface area (Å²) in [5, 5.41) is 0. The van der Waals surface area contributed by atoms with E-state index in [1.54, 1.807) is 12.5 Å². The Labute approximate surface area is 129 Å². The van der Waals surface area contributed by atoms with Gasteiger partial charge in [0.2, 0.25) is 0 Å². The summed E-state index contributed by atoms with van der Waals surface area (Å²) < 4.78 is 12.6. The summed E-state index contributed by atoms with van der Waals surface area (Å²) in [6.45, 7) is 2.77. The zero-order valence-electron chi connectivity index (χ0n) is 12.6. The molecule has 5 nitrogen and oxygen atoms in total. The Morgan fingerprint density at radius 2 is 2.09 bits per heavy atom. The van der Waals surface area contributed by atoms with Crippen molar-refractivity contribution < 1.29 is 14.3 Å². The van der Waals surface area contributed by atoms with Crippen molar-refractivity contribution in [3.05, 3.63) is 54.1 Å². The summed E-state index contributed by atoms with van der Waals surface area (Å²) in [4.78, 5) is 16.3. The van der Waals surface area contributed by atoms with E-state index in [1.807, 2.05) is 41.8 Å². The molecule has 0 radical (unpaired) electrons. The lowest BCUT2D eigenvalue weighted by Crippen LogP contribution is -2.17. The Balaban J connectivity index is 1.61. The fourth-order valence-electron chi connectivity index (χ4n) is 2.32. The number of aromatic nitrogens is 2. The SMILES string of the molecule is CC(c1ccccc1)n1cncc1C(=O)OCCOC1CC1. The number of nitrogens with zero attached hydrogens (tertiary/aromatic N) is 2. The largest absolute Gasteiger partial charge is 0.459 e. The molecule has 1 unspecified atom stereocenters. The van der Waals surface area contributed by atoms with E-state index in [-0.39, 0.29) is 18.6 Å². The fourth-order valence-corrected chi connectivity index (χ4v) is 2.32. The summed E-state index contributed by atoms with van der Waals surface area (Å²) in [6, 6.07) is 10.0. The standard InChI is InChI=1S/C17H20N2O3/c1-13(14-5-3-2-4-6-14)19-12-18-11-16(19)17(20)22-10-9-21-15-7-8-15/h2-6,11-13,15H,7-10H2,1H3. The maximum Gasteiger partial charge on any atom is 0.356 e. The Morgan fingerprint density at radius 3 is 2.82 bits per heavy atom. The number of hydrogen-bond donors (Lipinski definition) is 0. The molecule has 1 heterocycles. The van der Waals surface area contributed by atoms with E-state index in [1.165, 1.54) is 0 Å². The van der Waals surface area contributed by atoms with Crippen LogP contribution in [0.4, 0.5) is 0 Å². The van der Waals surface area contributed by atoms with Crippen molar-refractivity contribution in [2.75, 3.05) is 13.2 Å². The molecule has 0 saturated heterocycles. The molecule has 0 aliphatic heterocycles. The maximum absolute atomic E-state index is 12.2. The molecule has 1 saturated carbocycles. The van der Waals surface area contributed by atoms with Crippen LogP contribution < -0.4 is 0 Å². The molecule has 116 valence electrons. The first-order valence-corrected chi connectivity index (χ1v) is 7.61. The average Bonchev–Trinajstić information content (AvgIpc) is 3.25. The quantitative estimate of drug-likeness (QED) is 0.583. The number of carbonyl (C=O) groups excluding carboxylic acids is 1. The predicted octanol–water partition coefficient (Wildman–Crippen LogP) is 2.83. The topological polar surface area (TPSA) is 53.4 Å². The number of esters is 1. The van der Waals surface area contributed by atoms with Gasteiger partial charge in [-0.25, -0.2) is 9.78 Å². The van der Waals surface area contributed by atoms with E-state index in [9.17, 15) is 4.79 Å². The van der Waals surface area contributed by atoms with E-state index >= 15 is 0 Å². The van der Waals surface area contributed by atoms with Gasteiger partial charge < -0.3 is 14.0 Å². The first-order valence-electron chi connectivity index (χ1n) is 7.61. The van der Waals surface area contributed by atoms with Gasteiger partial charge in [-0.3, -0.25) is 0 Å². The van der Waals surface area contributed by atoms with Crippen molar-refractivity contribution in [2.24, 2.45) is 0 Å². The lowest BCUT2D eigenvalue weighted by Gasteiger charge is -2.16. The second-order valence-corrected chi connectivity index (χ2v) is 5.48. The summed E-state index contributed by atoms with van der Waals surface area (Å²) in [5.41, 5.74) is 1.58. The highest BCUT2D eigenvalue weighted by Crippen LogP contribution is 2.23. The minimum absolute atomic E-state index is 0.0222. The van der Waals surface area contributed by atoms with Crippen LogP contribution in [0.25, 0.3) is 0 Å². The monoisotopic (exact) mass is 300 g/mol. The van der Waals surface area contributed by atoms with Crippen LogP contribution in [0.5, 0.6) is 0 Å². The van der Waals surface area contributed by atoms with Gasteiger partial charge in [-0.05, 0) is 25.3 Å². The Hall–Kier alpha value is -2.14. The summed E-state index contributed by atoms with van der Waals surface area (Å²) in [5.74, 6) is -0.361. The predicted molar refractivity (Wildman–Crippen MR) is 81.7 cm³/mol. The number of hydrogen-bond acceptors (Lipinski definition) is 4. The molecular weight excluding hydrogens is 280 g/mol. The van der Waals surface area contributed by atoms with Crippen LogP contribution >= 0.6 is 0 Å². The second kappa shape index (κ2) is 6.75. The molecule has 3 rings (SSSR count). The third-order valence-corrected chi connectivity index (χ3v) is 3.77. The number of carbonyl (C=O) groups is 1. The zero-order chi connectivity index (χ0) is 15.4. The molecule has 1 fully saturated rings. The normalized spacial score (nSPS) is 15.5. The number of benzene rings is 1. The van der Waals surface area contributed by atoms with Crippen LogP contribution in [0.1, 0.15) is 41.9 Å². The molecule has 0 bridgehead atoms. The van der Waals surface area contributed by atoms with Gasteiger partial charge in [0.15, 0.2) is 0 Å².